The number of hydrogen-bond donors (Lipinski definition) is 1. The zero-order chi connectivity index (χ0) is 15.5. The molecule has 114 valence electrons. The number of ether oxygens (including phenoxy) is 1. The second kappa shape index (κ2) is 6.11. The number of esters is 1. The van der Waals surface area contributed by atoms with Crippen LogP contribution in [0.3, 0.4) is 0 Å². The van der Waals surface area contributed by atoms with Crippen molar-refractivity contribution in [2.45, 2.75) is 32.2 Å². The maximum absolute atomic E-state index is 12.3. The van der Waals surface area contributed by atoms with Gasteiger partial charge < -0.3 is 19.6 Å². The number of carboxylic acids is 1. The summed E-state index contributed by atoms with van der Waals surface area (Å²) in [5.41, 5.74) is -1.30. The Morgan fingerprint density at radius 1 is 1.35 bits per heavy atom. The molecule has 2 amide bonds. The Hall–Kier alpha value is -1.79. The van der Waals surface area contributed by atoms with E-state index in [0.717, 1.165) is 0 Å². The second-order valence-electron chi connectivity index (χ2n) is 5.51. The molecule has 1 atom stereocenters. The minimum absolute atomic E-state index is 0.269. The van der Waals surface area contributed by atoms with Crippen LogP contribution in [0, 0.1) is 5.92 Å². The molecular formula is C13H22N2O5. The van der Waals surface area contributed by atoms with E-state index >= 15 is 0 Å². The van der Waals surface area contributed by atoms with Gasteiger partial charge in [-0.25, -0.2) is 9.59 Å². The van der Waals surface area contributed by atoms with Gasteiger partial charge in [0.15, 0.2) is 0 Å². The van der Waals surface area contributed by atoms with Crippen molar-refractivity contribution in [3.8, 4) is 0 Å². The van der Waals surface area contributed by atoms with Crippen LogP contribution in [0.5, 0.6) is 0 Å². The first-order valence-corrected chi connectivity index (χ1v) is 6.55. The van der Waals surface area contributed by atoms with Crippen molar-refractivity contribution >= 4 is 18.0 Å². The summed E-state index contributed by atoms with van der Waals surface area (Å²) < 4.78 is 4.70. The molecule has 0 radical (unpaired) electrons. The Morgan fingerprint density at radius 3 is 2.45 bits per heavy atom. The molecule has 1 fully saturated rings. The predicted octanol–water partition coefficient (Wildman–Crippen LogP) is 0.786. The zero-order valence-electron chi connectivity index (χ0n) is 12.4. The summed E-state index contributed by atoms with van der Waals surface area (Å²) in [6, 6.07) is -0.383. The van der Waals surface area contributed by atoms with E-state index in [0.29, 0.717) is 19.4 Å². The van der Waals surface area contributed by atoms with E-state index in [-0.39, 0.29) is 24.5 Å². The summed E-state index contributed by atoms with van der Waals surface area (Å²) in [4.78, 5) is 37.8. The number of likely N-dealkylation sites (N-methyl/N-ethyl adjacent to an activating group) is 1. The number of likely N-dealkylation sites (tertiary alicyclic amines) is 1. The molecule has 0 aliphatic carbocycles. The lowest BCUT2D eigenvalue weighted by atomic mass is 9.98. The minimum Gasteiger partial charge on any atom is -0.480 e. The van der Waals surface area contributed by atoms with Gasteiger partial charge in [-0.2, -0.15) is 0 Å². The van der Waals surface area contributed by atoms with Gasteiger partial charge in [0.2, 0.25) is 0 Å². The summed E-state index contributed by atoms with van der Waals surface area (Å²) in [6.45, 7) is 3.72. The van der Waals surface area contributed by atoms with E-state index in [9.17, 15) is 14.4 Å². The standard InChI is InChI=1S/C13H22N2O5/c1-13(2,11(17)18)14(3)12(19)15-7-5-6-9(8-15)10(16)20-4/h9H,5-8H2,1-4H3,(H,17,18). The first-order valence-electron chi connectivity index (χ1n) is 6.55. The molecule has 1 rings (SSSR count). The van der Waals surface area contributed by atoms with Crippen molar-refractivity contribution in [1.82, 2.24) is 9.80 Å². The first kappa shape index (κ1) is 16.3. The van der Waals surface area contributed by atoms with Crippen LogP contribution in [0.15, 0.2) is 0 Å². The monoisotopic (exact) mass is 286 g/mol. The van der Waals surface area contributed by atoms with Gasteiger partial charge in [0.05, 0.1) is 13.0 Å². The lowest BCUT2D eigenvalue weighted by Crippen LogP contribution is -2.57. The van der Waals surface area contributed by atoms with E-state index in [4.69, 9.17) is 9.84 Å². The van der Waals surface area contributed by atoms with Crippen molar-refractivity contribution < 1.29 is 24.2 Å². The number of rotatable bonds is 3. The SMILES string of the molecule is COC(=O)C1CCCN(C(=O)N(C)C(C)(C)C(=O)O)C1. The average molecular weight is 286 g/mol. The molecule has 1 unspecified atom stereocenters. The highest BCUT2D eigenvalue weighted by Crippen LogP contribution is 2.21. The van der Waals surface area contributed by atoms with Crippen molar-refractivity contribution in [3.05, 3.63) is 0 Å². The Morgan fingerprint density at radius 2 is 1.95 bits per heavy atom. The maximum atomic E-state index is 12.3. The molecule has 0 bridgehead atoms. The molecule has 20 heavy (non-hydrogen) atoms. The van der Waals surface area contributed by atoms with Crippen LogP contribution in [-0.4, -0.2) is 65.7 Å². The highest BCUT2D eigenvalue weighted by atomic mass is 16.5. The van der Waals surface area contributed by atoms with Gasteiger partial charge in [0, 0.05) is 20.1 Å². The number of carbonyl (C=O) groups excluding carboxylic acids is 2. The third-order valence-corrected chi connectivity index (χ3v) is 3.88. The third kappa shape index (κ3) is 3.20. The molecule has 0 saturated carbocycles. The molecule has 1 saturated heterocycles. The van der Waals surface area contributed by atoms with Crippen molar-refractivity contribution in [2.24, 2.45) is 5.92 Å². The number of methoxy groups -OCH3 is 1. The van der Waals surface area contributed by atoms with Crippen LogP contribution in [0.25, 0.3) is 0 Å². The van der Waals surface area contributed by atoms with Crippen LogP contribution in [0.2, 0.25) is 0 Å². The van der Waals surface area contributed by atoms with Gasteiger partial charge in [-0.1, -0.05) is 0 Å². The number of carbonyl (C=O) groups is 3. The van der Waals surface area contributed by atoms with E-state index in [1.165, 1.54) is 37.8 Å². The molecule has 7 nitrogen and oxygen atoms in total. The van der Waals surface area contributed by atoms with Gasteiger partial charge in [0.1, 0.15) is 5.54 Å². The third-order valence-electron chi connectivity index (χ3n) is 3.88. The Labute approximate surface area is 118 Å². The summed E-state index contributed by atoms with van der Waals surface area (Å²) in [6.07, 6.45) is 1.38. The topological polar surface area (TPSA) is 87.2 Å². The molecule has 1 heterocycles. The quantitative estimate of drug-likeness (QED) is 0.775. The summed E-state index contributed by atoms with van der Waals surface area (Å²) in [5, 5.41) is 9.15. The van der Waals surface area contributed by atoms with Crippen LogP contribution in [0.1, 0.15) is 26.7 Å². The zero-order valence-corrected chi connectivity index (χ0v) is 12.4. The van der Waals surface area contributed by atoms with Gasteiger partial charge in [-0.3, -0.25) is 4.79 Å². The first-order chi connectivity index (χ1) is 9.21. The van der Waals surface area contributed by atoms with Gasteiger partial charge >= 0.3 is 18.0 Å². The minimum atomic E-state index is -1.30. The predicted molar refractivity (Wildman–Crippen MR) is 71.2 cm³/mol. The molecule has 0 spiro atoms. The van der Waals surface area contributed by atoms with Crippen LogP contribution < -0.4 is 0 Å². The van der Waals surface area contributed by atoms with Gasteiger partial charge in [-0.05, 0) is 26.7 Å². The van der Waals surface area contributed by atoms with E-state index in [1.807, 2.05) is 0 Å². The Balaban J connectivity index is 2.77. The fourth-order valence-electron chi connectivity index (χ4n) is 2.10. The smallest absolute Gasteiger partial charge is 0.329 e. The Bertz CT molecular complexity index is 408. The van der Waals surface area contributed by atoms with E-state index in [1.54, 1.807) is 0 Å². The molecule has 1 aliphatic heterocycles. The summed E-state index contributed by atoms with van der Waals surface area (Å²) >= 11 is 0. The fraction of sp³-hybridized carbons (Fsp3) is 0.769. The Kier molecular flexibility index (Phi) is 4.97. The molecule has 1 N–H and O–H groups in total. The van der Waals surface area contributed by atoms with Gasteiger partial charge in [0.25, 0.3) is 0 Å². The number of hydrogen-bond acceptors (Lipinski definition) is 4. The van der Waals surface area contributed by atoms with Crippen molar-refractivity contribution in [1.29, 1.82) is 0 Å². The average Bonchev–Trinajstić information content (AvgIpc) is 2.44. The molecule has 0 aromatic rings. The number of urea groups is 1. The number of carboxylic acid groups (broad SMARTS) is 1. The number of aliphatic carboxylic acids is 1. The number of amides is 2. The lowest BCUT2D eigenvalue weighted by Gasteiger charge is -2.38. The summed E-state index contributed by atoms with van der Waals surface area (Å²) in [5.74, 6) is -1.74. The largest absolute Gasteiger partial charge is 0.480 e. The second-order valence-corrected chi connectivity index (χ2v) is 5.51. The molecule has 1 aliphatic rings. The van der Waals surface area contributed by atoms with Gasteiger partial charge in [-0.15, -0.1) is 0 Å². The molecule has 0 aromatic heterocycles. The van der Waals surface area contributed by atoms with Crippen LogP contribution in [-0.2, 0) is 14.3 Å². The fourth-order valence-corrected chi connectivity index (χ4v) is 2.10. The lowest BCUT2D eigenvalue weighted by molar-refractivity contribution is -0.149. The molecule has 7 heteroatoms. The maximum Gasteiger partial charge on any atom is 0.329 e. The normalized spacial score (nSPS) is 19.4. The highest BCUT2D eigenvalue weighted by molar-refractivity contribution is 5.85. The molecule has 0 aromatic carbocycles. The molecular weight excluding hydrogens is 264 g/mol. The van der Waals surface area contributed by atoms with Crippen LogP contribution >= 0.6 is 0 Å². The van der Waals surface area contributed by atoms with E-state index < -0.39 is 11.5 Å². The number of piperidine rings is 1. The van der Waals surface area contributed by atoms with Crippen molar-refractivity contribution in [2.75, 3.05) is 27.2 Å². The van der Waals surface area contributed by atoms with E-state index in [2.05, 4.69) is 0 Å². The van der Waals surface area contributed by atoms with Crippen molar-refractivity contribution in [3.63, 3.8) is 0 Å². The highest BCUT2D eigenvalue weighted by Gasteiger charge is 2.39. The number of nitrogens with zero attached hydrogens (tertiary/aromatic N) is 2. The van der Waals surface area contributed by atoms with Crippen LogP contribution in [0.4, 0.5) is 4.79 Å². The summed E-state index contributed by atoms with van der Waals surface area (Å²) in [7, 11) is 2.78.